The first-order chi connectivity index (χ1) is 12.8. The zero-order valence-electron chi connectivity index (χ0n) is 13.6. The molecule has 1 heterocycles. The number of esters is 1. The summed E-state index contributed by atoms with van der Waals surface area (Å²) in [5.41, 5.74) is -0.210. The fourth-order valence-electron chi connectivity index (χ4n) is 2.43. The van der Waals surface area contributed by atoms with E-state index in [1.807, 2.05) is 0 Å². The van der Waals surface area contributed by atoms with E-state index in [0.29, 0.717) is 11.5 Å². The zero-order valence-corrected chi connectivity index (χ0v) is 14.3. The molecule has 0 unspecified atom stereocenters. The van der Waals surface area contributed by atoms with Crippen molar-refractivity contribution in [1.82, 2.24) is 4.98 Å². The topological polar surface area (TPSA) is 71.2 Å². The van der Waals surface area contributed by atoms with Gasteiger partial charge in [-0.25, -0.2) is 4.79 Å². The minimum atomic E-state index is -4.58. The van der Waals surface area contributed by atoms with E-state index in [4.69, 9.17) is 16.3 Å². The number of para-hydroxylation sites is 1. The number of nitrogens with one attached hydrogen (secondary N) is 2. The van der Waals surface area contributed by atoms with Gasteiger partial charge < -0.3 is 15.0 Å². The van der Waals surface area contributed by atoms with E-state index in [0.717, 1.165) is 17.6 Å². The number of aromatic nitrogens is 1. The second-order valence-corrected chi connectivity index (χ2v) is 5.97. The molecule has 0 bridgehead atoms. The molecule has 0 aliphatic heterocycles. The van der Waals surface area contributed by atoms with Crippen LogP contribution in [0.1, 0.15) is 15.9 Å². The number of aromatic amines is 1. The van der Waals surface area contributed by atoms with Gasteiger partial charge in [0.15, 0.2) is 6.61 Å². The van der Waals surface area contributed by atoms with Crippen LogP contribution in [-0.2, 0) is 15.7 Å². The Morgan fingerprint density at radius 1 is 1.15 bits per heavy atom. The van der Waals surface area contributed by atoms with Crippen molar-refractivity contribution in [2.45, 2.75) is 6.18 Å². The number of alkyl halides is 3. The molecule has 3 aromatic rings. The molecule has 3 rings (SSSR count). The van der Waals surface area contributed by atoms with Crippen LogP contribution in [0, 0.1) is 0 Å². The number of halogens is 4. The number of ether oxygens (including phenoxy) is 1. The van der Waals surface area contributed by atoms with Gasteiger partial charge in [0.25, 0.3) is 5.91 Å². The van der Waals surface area contributed by atoms with Crippen molar-refractivity contribution in [3.63, 3.8) is 0 Å². The van der Waals surface area contributed by atoms with Crippen LogP contribution >= 0.6 is 11.6 Å². The maximum Gasteiger partial charge on any atom is 0.416 e. The molecule has 9 heteroatoms. The fraction of sp³-hybridized carbons (Fsp3) is 0.111. The molecule has 5 nitrogen and oxygen atoms in total. The summed E-state index contributed by atoms with van der Waals surface area (Å²) in [5.74, 6) is -1.55. The Bertz CT molecular complexity index is 1010. The summed E-state index contributed by atoms with van der Waals surface area (Å²) < 4.78 is 43.2. The Morgan fingerprint density at radius 3 is 2.63 bits per heavy atom. The molecule has 0 aliphatic carbocycles. The van der Waals surface area contributed by atoms with Gasteiger partial charge in [-0.3, -0.25) is 4.79 Å². The molecule has 1 aromatic heterocycles. The lowest BCUT2D eigenvalue weighted by Gasteiger charge is -2.11. The van der Waals surface area contributed by atoms with Crippen molar-refractivity contribution in [3.05, 3.63) is 64.8 Å². The van der Waals surface area contributed by atoms with Gasteiger partial charge in [0.2, 0.25) is 0 Å². The highest BCUT2D eigenvalue weighted by Crippen LogP contribution is 2.33. The summed E-state index contributed by atoms with van der Waals surface area (Å²) >= 11 is 5.81. The van der Waals surface area contributed by atoms with Crippen molar-refractivity contribution in [2.75, 3.05) is 11.9 Å². The lowest BCUT2D eigenvalue weighted by atomic mass is 10.2. The van der Waals surface area contributed by atoms with Gasteiger partial charge in [0, 0.05) is 17.1 Å². The van der Waals surface area contributed by atoms with Crippen LogP contribution in [0.2, 0.25) is 5.02 Å². The van der Waals surface area contributed by atoms with Gasteiger partial charge in [0.05, 0.1) is 21.8 Å². The number of fused-ring (bicyclic) bond motifs is 1. The summed E-state index contributed by atoms with van der Waals surface area (Å²) in [4.78, 5) is 27.0. The van der Waals surface area contributed by atoms with Crippen molar-refractivity contribution in [1.29, 1.82) is 0 Å². The molecular weight excluding hydrogens is 385 g/mol. The van der Waals surface area contributed by atoms with Gasteiger partial charge in [-0.2, -0.15) is 13.2 Å². The molecule has 0 atom stereocenters. The Hall–Kier alpha value is -3.00. The first kappa shape index (κ1) is 18.8. The van der Waals surface area contributed by atoms with E-state index in [1.54, 1.807) is 24.3 Å². The van der Waals surface area contributed by atoms with E-state index in [9.17, 15) is 22.8 Å². The minimum Gasteiger partial charge on any atom is -0.452 e. The van der Waals surface area contributed by atoms with Gasteiger partial charge >= 0.3 is 12.1 Å². The van der Waals surface area contributed by atoms with Crippen LogP contribution < -0.4 is 5.32 Å². The smallest absolute Gasteiger partial charge is 0.416 e. The van der Waals surface area contributed by atoms with E-state index in [-0.39, 0.29) is 16.3 Å². The molecule has 27 heavy (non-hydrogen) atoms. The van der Waals surface area contributed by atoms with Crippen LogP contribution in [0.25, 0.3) is 10.9 Å². The van der Waals surface area contributed by atoms with E-state index in [1.165, 1.54) is 6.20 Å². The minimum absolute atomic E-state index is 0.0701. The Morgan fingerprint density at radius 2 is 1.89 bits per heavy atom. The normalized spacial score (nSPS) is 11.4. The van der Waals surface area contributed by atoms with E-state index >= 15 is 0 Å². The molecule has 0 saturated carbocycles. The lowest BCUT2D eigenvalue weighted by Crippen LogP contribution is -2.21. The average Bonchev–Trinajstić information content (AvgIpc) is 3.05. The van der Waals surface area contributed by atoms with Gasteiger partial charge in [-0.1, -0.05) is 29.8 Å². The Balaban J connectivity index is 1.66. The summed E-state index contributed by atoms with van der Waals surface area (Å²) in [7, 11) is 0. The van der Waals surface area contributed by atoms with Gasteiger partial charge in [-0.15, -0.1) is 0 Å². The second kappa shape index (κ2) is 7.32. The predicted octanol–water partition coefficient (Wildman–Crippen LogP) is 4.64. The molecule has 0 aliphatic rings. The highest BCUT2D eigenvalue weighted by atomic mass is 35.5. The van der Waals surface area contributed by atoms with Gasteiger partial charge in [0.1, 0.15) is 0 Å². The van der Waals surface area contributed by atoms with Gasteiger partial charge in [-0.05, 0) is 24.3 Å². The third kappa shape index (κ3) is 4.22. The zero-order chi connectivity index (χ0) is 19.6. The molecule has 0 fully saturated rings. The number of hydrogen-bond acceptors (Lipinski definition) is 3. The molecule has 140 valence electrons. The summed E-state index contributed by atoms with van der Waals surface area (Å²) in [6.07, 6.45) is -3.12. The first-order valence-electron chi connectivity index (χ1n) is 7.65. The SMILES string of the molecule is O=C(COC(=O)c1c[nH]c2ccccc12)Nc1cc(C(F)(F)F)ccc1Cl. The van der Waals surface area contributed by atoms with Crippen LogP contribution in [-0.4, -0.2) is 23.5 Å². The number of rotatable bonds is 4. The number of amides is 1. The standard InChI is InChI=1S/C18H12ClF3N2O3/c19-13-6-5-10(18(20,21)22)7-15(13)24-16(25)9-27-17(26)12-8-23-14-4-2-1-3-11(12)14/h1-8,23H,9H2,(H,24,25). The van der Waals surface area contributed by atoms with Crippen LogP contribution in [0.15, 0.2) is 48.7 Å². The third-order valence-electron chi connectivity index (χ3n) is 3.71. The molecule has 2 N–H and O–H groups in total. The largest absolute Gasteiger partial charge is 0.452 e. The lowest BCUT2D eigenvalue weighted by molar-refractivity contribution is -0.137. The van der Waals surface area contributed by atoms with Crippen molar-refractivity contribution >= 4 is 40.1 Å². The molecule has 1 amide bonds. The molecule has 0 radical (unpaired) electrons. The number of carbonyl (C=O) groups excluding carboxylic acids is 2. The van der Waals surface area contributed by atoms with Crippen LogP contribution in [0.3, 0.4) is 0 Å². The predicted molar refractivity (Wildman–Crippen MR) is 93.7 cm³/mol. The van der Waals surface area contributed by atoms with Crippen molar-refractivity contribution in [2.24, 2.45) is 0 Å². The number of benzene rings is 2. The number of anilines is 1. The van der Waals surface area contributed by atoms with E-state index in [2.05, 4.69) is 10.3 Å². The number of hydrogen-bond donors (Lipinski definition) is 2. The van der Waals surface area contributed by atoms with Crippen molar-refractivity contribution in [3.8, 4) is 0 Å². The molecule has 0 saturated heterocycles. The summed E-state index contributed by atoms with van der Waals surface area (Å²) in [5, 5.41) is 2.76. The number of H-pyrrole nitrogens is 1. The maximum absolute atomic E-state index is 12.7. The highest BCUT2D eigenvalue weighted by molar-refractivity contribution is 6.33. The quantitative estimate of drug-likeness (QED) is 0.631. The van der Waals surface area contributed by atoms with Crippen LogP contribution in [0.4, 0.5) is 18.9 Å². The highest BCUT2D eigenvalue weighted by Gasteiger charge is 2.31. The Labute approximate surface area is 156 Å². The van der Waals surface area contributed by atoms with E-state index < -0.39 is 30.2 Å². The Kier molecular flexibility index (Phi) is 5.09. The monoisotopic (exact) mass is 396 g/mol. The molecule has 0 spiro atoms. The summed E-state index contributed by atoms with van der Waals surface area (Å²) in [6.45, 7) is -0.676. The molecule has 2 aromatic carbocycles. The maximum atomic E-state index is 12.7. The average molecular weight is 397 g/mol. The number of carbonyl (C=O) groups is 2. The first-order valence-corrected chi connectivity index (χ1v) is 8.03. The molecular formula is C18H12ClF3N2O3. The summed E-state index contributed by atoms with van der Waals surface area (Å²) in [6, 6.07) is 9.56. The second-order valence-electron chi connectivity index (χ2n) is 5.56. The van der Waals surface area contributed by atoms with Crippen molar-refractivity contribution < 1.29 is 27.5 Å². The van der Waals surface area contributed by atoms with Crippen LogP contribution in [0.5, 0.6) is 0 Å². The third-order valence-corrected chi connectivity index (χ3v) is 4.04. The fourth-order valence-corrected chi connectivity index (χ4v) is 2.60.